The fourth-order valence-corrected chi connectivity index (χ4v) is 1.89. The van der Waals surface area contributed by atoms with Crippen molar-refractivity contribution in [3.05, 3.63) is 35.9 Å². The summed E-state index contributed by atoms with van der Waals surface area (Å²) in [5.74, 6) is 0.566. The van der Waals surface area contributed by atoms with Crippen LogP contribution in [0.5, 0.6) is 0 Å². The fraction of sp³-hybridized carbons (Fsp3) is 0.500. The molecule has 2 N–H and O–H groups in total. The van der Waals surface area contributed by atoms with Crippen molar-refractivity contribution in [2.75, 3.05) is 7.05 Å². The van der Waals surface area contributed by atoms with E-state index >= 15 is 0 Å². The van der Waals surface area contributed by atoms with Gasteiger partial charge in [-0.05, 0) is 32.9 Å². The Bertz CT molecular complexity index is 400. The normalized spacial score (nSPS) is 23.2. The van der Waals surface area contributed by atoms with Crippen LogP contribution in [0.15, 0.2) is 30.3 Å². The lowest BCUT2D eigenvalue weighted by molar-refractivity contribution is -0.126. The van der Waals surface area contributed by atoms with Gasteiger partial charge in [0.2, 0.25) is 5.91 Å². The van der Waals surface area contributed by atoms with Gasteiger partial charge in [-0.15, -0.1) is 0 Å². The summed E-state index contributed by atoms with van der Waals surface area (Å²) >= 11 is 0. The Kier molecular flexibility index (Phi) is 3.20. The average Bonchev–Trinajstić information content (AvgIpc) is 3.09. The Morgan fingerprint density at radius 3 is 2.53 bits per heavy atom. The number of carbonyl (C=O) groups is 1. The van der Waals surface area contributed by atoms with Crippen LogP contribution < -0.4 is 10.6 Å². The number of carbonyl (C=O) groups excluding carboxylic acids is 1. The molecule has 0 aliphatic heterocycles. The first-order chi connectivity index (χ1) is 8.04. The summed E-state index contributed by atoms with van der Waals surface area (Å²) in [6.45, 7) is 3.78. The molecule has 1 fully saturated rings. The SMILES string of the molecule is CNC(C)(C)C(=O)NC1CC1c1ccccc1. The molecular weight excluding hydrogens is 212 g/mol. The summed E-state index contributed by atoms with van der Waals surface area (Å²) in [5.41, 5.74) is 0.823. The number of benzene rings is 1. The molecule has 92 valence electrons. The monoisotopic (exact) mass is 232 g/mol. The van der Waals surface area contributed by atoms with E-state index in [4.69, 9.17) is 0 Å². The summed E-state index contributed by atoms with van der Waals surface area (Å²) in [5, 5.41) is 6.11. The fourth-order valence-electron chi connectivity index (χ4n) is 1.89. The van der Waals surface area contributed by atoms with E-state index in [1.807, 2.05) is 32.0 Å². The molecule has 0 bridgehead atoms. The van der Waals surface area contributed by atoms with Gasteiger partial charge in [0, 0.05) is 12.0 Å². The maximum Gasteiger partial charge on any atom is 0.239 e. The van der Waals surface area contributed by atoms with Crippen molar-refractivity contribution in [2.24, 2.45) is 0 Å². The zero-order chi connectivity index (χ0) is 12.5. The minimum absolute atomic E-state index is 0.0726. The van der Waals surface area contributed by atoms with E-state index in [0.717, 1.165) is 6.42 Å². The minimum atomic E-state index is -0.496. The number of hydrogen-bond donors (Lipinski definition) is 2. The molecule has 0 radical (unpaired) electrons. The van der Waals surface area contributed by atoms with E-state index < -0.39 is 5.54 Å². The van der Waals surface area contributed by atoms with Crippen molar-refractivity contribution in [1.29, 1.82) is 0 Å². The standard InChI is InChI=1S/C14H20N2O/c1-14(2,15-3)13(17)16-12-9-11(12)10-7-5-4-6-8-10/h4-8,11-12,15H,9H2,1-3H3,(H,16,17). The van der Waals surface area contributed by atoms with Crippen molar-refractivity contribution < 1.29 is 4.79 Å². The van der Waals surface area contributed by atoms with Crippen molar-refractivity contribution in [3.8, 4) is 0 Å². The Balaban J connectivity index is 1.91. The lowest BCUT2D eigenvalue weighted by atomic mass is 10.1. The van der Waals surface area contributed by atoms with Gasteiger partial charge < -0.3 is 10.6 Å². The second-order valence-corrected chi connectivity index (χ2v) is 5.21. The van der Waals surface area contributed by atoms with Crippen LogP contribution >= 0.6 is 0 Å². The number of likely N-dealkylation sites (N-methyl/N-ethyl adjacent to an activating group) is 1. The maximum absolute atomic E-state index is 11.9. The zero-order valence-corrected chi connectivity index (χ0v) is 10.7. The van der Waals surface area contributed by atoms with Gasteiger partial charge in [0.15, 0.2) is 0 Å². The topological polar surface area (TPSA) is 41.1 Å². The van der Waals surface area contributed by atoms with Crippen LogP contribution in [0.4, 0.5) is 0 Å². The van der Waals surface area contributed by atoms with E-state index in [0.29, 0.717) is 12.0 Å². The summed E-state index contributed by atoms with van der Waals surface area (Å²) in [7, 11) is 1.81. The van der Waals surface area contributed by atoms with E-state index in [9.17, 15) is 4.79 Å². The Labute approximate surface area is 103 Å². The molecule has 1 aliphatic rings. The largest absolute Gasteiger partial charge is 0.351 e. The highest BCUT2D eigenvalue weighted by Crippen LogP contribution is 2.40. The van der Waals surface area contributed by atoms with Crippen molar-refractivity contribution in [1.82, 2.24) is 10.6 Å². The molecule has 0 heterocycles. The first-order valence-electron chi connectivity index (χ1n) is 6.09. The highest BCUT2D eigenvalue weighted by atomic mass is 16.2. The van der Waals surface area contributed by atoms with Gasteiger partial charge in [-0.25, -0.2) is 0 Å². The quantitative estimate of drug-likeness (QED) is 0.829. The van der Waals surface area contributed by atoms with Crippen LogP contribution in [0.2, 0.25) is 0 Å². The van der Waals surface area contributed by atoms with E-state index in [2.05, 4.69) is 22.8 Å². The molecule has 3 nitrogen and oxygen atoms in total. The summed E-state index contributed by atoms with van der Waals surface area (Å²) < 4.78 is 0. The number of hydrogen-bond acceptors (Lipinski definition) is 2. The molecule has 1 amide bonds. The molecular formula is C14H20N2O. The molecule has 0 aromatic heterocycles. The molecule has 1 aliphatic carbocycles. The molecule has 3 heteroatoms. The lowest BCUT2D eigenvalue weighted by Crippen LogP contribution is -2.51. The molecule has 1 saturated carbocycles. The van der Waals surface area contributed by atoms with Crippen molar-refractivity contribution >= 4 is 5.91 Å². The van der Waals surface area contributed by atoms with Crippen LogP contribution in [0.1, 0.15) is 31.7 Å². The second kappa shape index (κ2) is 4.49. The first kappa shape index (κ1) is 12.1. The summed E-state index contributed by atoms with van der Waals surface area (Å²) in [6.07, 6.45) is 1.05. The third-order valence-electron chi connectivity index (χ3n) is 3.53. The molecule has 2 rings (SSSR count). The average molecular weight is 232 g/mol. The molecule has 0 saturated heterocycles. The van der Waals surface area contributed by atoms with Gasteiger partial charge in [0.25, 0.3) is 0 Å². The van der Waals surface area contributed by atoms with Crippen molar-refractivity contribution in [2.45, 2.75) is 37.8 Å². The van der Waals surface area contributed by atoms with E-state index in [1.165, 1.54) is 5.56 Å². The Morgan fingerprint density at radius 1 is 1.29 bits per heavy atom. The van der Waals surface area contributed by atoms with Crippen LogP contribution in [0.3, 0.4) is 0 Å². The Hall–Kier alpha value is -1.35. The molecule has 2 unspecified atom stereocenters. The molecule has 1 aromatic rings. The highest BCUT2D eigenvalue weighted by Gasteiger charge is 2.41. The maximum atomic E-state index is 11.9. The van der Waals surface area contributed by atoms with E-state index in [1.54, 1.807) is 7.05 Å². The van der Waals surface area contributed by atoms with Gasteiger partial charge in [-0.3, -0.25) is 4.79 Å². The third-order valence-corrected chi connectivity index (χ3v) is 3.53. The van der Waals surface area contributed by atoms with Gasteiger partial charge in [-0.2, -0.15) is 0 Å². The summed E-state index contributed by atoms with van der Waals surface area (Å²) in [6, 6.07) is 10.7. The second-order valence-electron chi connectivity index (χ2n) is 5.21. The van der Waals surface area contributed by atoms with Gasteiger partial charge >= 0.3 is 0 Å². The smallest absolute Gasteiger partial charge is 0.239 e. The van der Waals surface area contributed by atoms with Crippen LogP contribution in [-0.4, -0.2) is 24.5 Å². The highest BCUT2D eigenvalue weighted by molar-refractivity contribution is 5.86. The van der Waals surface area contributed by atoms with Gasteiger partial charge in [-0.1, -0.05) is 30.3 Å². The number of nitrogens with one attached hydrogen (secondary N) is 2. The van der Waals surface area contributed by atoms with Crippen LogP contribution in [-0.2, 0) is 4.79 Å². The summed E-state index contributed by atoms with van der Waals surface area (Å²) in [4.78, 5) is 11.9. The molecule has 1 aromatic carbocycles. The third kappa shape index (κ3) is 2.67. The van der Waals surface area contributed by atoms with E-state index in [-0.39, 0.29) is 5.91 Å². The lowest BCUT2D eigenvalue weighted by Gasteiger charge is -2.22. The van der Waals surface area contributed by atoms with Crippen molar-refractivity contribution in [3.63, 3.8) is 0 Å². The predicted octanol–water partition coefficient (Wildman–Crippen LogP) is 1.66. The van der Waals surface area contributed by atoms with Crippen LogP contribution in [0.25, 0.3) is 0 Å². The number of amides is 1. The molecule has 17 heavy (non-hydrogen) atoms. The van der Waals surface area contributed by atoms with Gasteiger partial charge in [0.05, 0.1) is 5.54 Å². The van der Waals surface area contributed by atoms with Gasteiger partial charge in [0.1, 0.15) is 0 Å². The molecule has 0 spiro atoms. The minimum Gasteiger partial charge on any atom is -0.351 e. The zero-order valence-electron chi connectivity index (χ0n) is 10.7. The molecule has 2 atom stereocenters. The number of rotatable bonds is 4. The Morgan fingerprint density at radius 2 is 1.94 bits per heavy atom. The predicted molar refractivity (Wildman–Crippen MR) is 68.9 cm³/mol. The first-order valence-corrected chi connectivity index (χ1v) is 6.09. The van der Waals surface area contributed by atoms with Crippen LogP contribution in [0, 0.1) is 0 Å².